The molecule has 0 unspecified atom stereocenters. The highest BCUT2D eigenvalue weighted by atomic mass is 19.3. The maximum absolute atomic E-state index is 12.9. The van der Waals surface area contributed by atoms with Gasteiger partial charge in [0.05, 0.1) is 25.4 Å². The van der Waals surface area contributed by atoms with E-state index < -0.39 is 23.7 Å². The van der Waals surface area contributed by atoms with Crippen LogP contribution in [0.2, 0.25) is 0 Å². The van der Waals surface area contributed by atoms with Crippen LogP contribution in [0.25, 0.3) is 0 Å². The Hall–Kier alpha value is -1.76. The van der Waals surface area contributed by atoms with Crippen LogP contribution in [-0.2, 0) is 22.5 Å². The standard InChI is InChI=1S/C10H12F2N2O3/c1-17-8(16)2-6-9(10(11)12)5(3-13)7(15)4-14-6/h4,10,15H,2-3,13H2,1H3. The molecule has 0 aromatic carbocycles. The lowest BCUT2D eigenvalue weighted by molar-refractivity contribution is -0.139. The number of methoxy groups -OCH3 is 1. The van der Waals surface area contributed by atoms with Gasteiger partial charge < -0.3 is 15.6 Å². The number of nitrogens with two attached hydrogens (primary N) is 1. The predicted octanol–water partition coefficient (Wildman–Crippen LogP) is 0.899. The number of aromatic nitrogens is 1. The lowest BCUT2D eigenvalue weighted by Crippen LogP contribution is -2.13. The molecular weight excluding hydrogens is 234 g/mol. The number of alkyl halides is 2. The minimum atomic E-state index is -2.87. The number of hydrogen-bond acceptors (Lipinski definition) is 5. The maximum Gasteiger partial charge on any atom is 0.311 e. The second-order valence-electron chi connectivity index (χ2n) is 3.24. The summed E-state index contributed by atoms with van der Waals surface area (Å²) in [5.41, 5.74) is 4.55. The molecule has 0 amide bonds. The number of esters is 1. The molecule has 1 aromatic heterocycles. The van der Waals surface area contributed by atoms with Gasteiger partial charge in [-0.25, -0.2) is 8.78 Å². The molecule has 0 saturated carbocycles. The second-order valence-corrected chi connectivity index (χ2v) is 3.24. The molecule has 1 aromatic rings. The van der Waals surface area contributed by atoms with Crippen molar-refractivity contribution < 1.29 is 23.4 Å². The third-order valence-corrected chi connectivity index (χ3v) is 2.25. The third-order valence-electron chi connectivity index (χ3n) is 2.25. The molecule has 7 heteroatoms. The quantitative estimate of drug-likeness (QED) is 0.771. The van der Waals surface area contributed by atoms with E-state index in [1.807, 2.05) is 0 Å². The van der Waals surface area contributed by atoms with Crippen LogP contribution < -0.4 is 5.73 Å². The summed E-state index contributed by atoms with van der Waals surface area (Å²) in [6.45, 7) is -0.262. The van der Waals surface area contributed by atoms with Crippen molar-refractivity contribution >= 4 is 5.97 Å². The molecular formula is C10H12F2N2O3. The van der Waals surface area contributed by atoms with E-state index in [2.05, 4.69) is 9.72 Å². The van der Waals surface area contributed by atoms with Crippen molar-refractivity contribution in [3.63, 3.8) is 0 Å². The number of aromatic hydroxyl groups is 1. The highest BCUT2D eigenvalue weighted by Gasteiger charge is 2.22. The van der Waals surface area contributed by atoms with Crippen LogP contribution in [0.4, 0.5) is 8.78 Å². The van der Waals surface area contributed by atoms with E-state index in [1.165, 1.54) is 0 Å². The maximum atomic E-state index is 12.9. The molecule has 0 radical (unpaired) electrons. The SMILES string of the molecule is COC(=O)Cc1ncc(O)c(CN)c1C(F)F. The van der Waals surface area contributed by atoms with E-state index in [4.69, 9.17) is 5.73 Å². The van der Waals surface area contributed by atoms with Crippen LogP contribution in [0.15, 0.2) is 6.20 Å². The van der Waals surface area contributed by atoms with E-state index in [0.717, 1.165) is 13.3 Å². The van der Waals surface area contributed by atoms with Crippen molar-refractivity contribution in [1.82, 2.24) is 4.98 Å². The van der Waals surface area contributed by atoms with Crippen LogP contribution in [0, 0.1) is 0 Å². The molecule has 1 rings (SSSR count). The molecule has 0 saturated heterocycles. The van der Waals surface area contributed by atoms with Gasteiger partial charge in [0.25, 0.3) is 6.43 Å². The summed E-state index contributed by atoms with van der Waals surface area (Å²) in [5.74, 6) is -1.09. The fourth-order valence-corrected chi connectivity index (χ4v) is 1.42. The van der Waals surface area contributed by atoms with Crippen LogP contribution in [0.3, 0.4) is 0 Å². The summed E-state index contributed by atoms with van der Waals surface area (Å²) >= 11 is 0. The molecule has 17 heavy (non-hydrogen) atoms. The van der Waals surface area contributed by atoms with Gasteiger partial charge in [-0.1, -0.05) is 0 Å². The Kier molecular flexibility index (Phi) is 4.33. The van der Waals surface area contributed by atoms with E-state index >= 15 is 0 Å². The molecule has 0 fully saturated rings. The summed E-state index contributed by atoms with van der Waals surface area (Å²) in [7, 11) is 1.15. The van der Waals surface area contributed by atoms with E-state index in [0.29, 0.717) is 0 Å². The first-order valence-corrected chi connectivity index (χ1v) is 4.75. The van der Waals surface area contributed by atoms with E-state index in [9.17, 15) is 18.7 Å². The van der Waals surface area contributed by atoms with Crippen molar-refractivity contribution in [3.05, 3.63) is 23.0 Å². The number of halogens is 2. The zero-order valence-corrected chi connectivity index (χ0v) is 9.11. The minimum Gasteiger partial charge on any atom is -0.506 e. The highest BCUT2D eigenvalue weighted by Crippen LogP contribution is 2.31. The van der Waals surface area contributed by atoms with Gasteiger partial charge >= 0.3 is 5.97 Å². The Bertz CT molecular complexity index is 424. The molecule has 0 aliphatic carbocycles. The first-order chi connectivity index (χ1) is 8.01. The van der Waals surface area contributed by atoms with Gasteiger partial charge in [-0.2, -0.15) is 0 Å². The third kappa shape index (κ3) is 2.88. The number of carbonyl (C=O) groups is 1. The Labute approximate surface area is 96.2 Å². The first-order valence-electron chi connectivity index (χ1n) is 4.75. The van der Waals surface area contributed by atoms with Gasteiger partial charge in [0.15, 0.2) is 0 Å². The van der Waals surface area contributed by atoms with Crippen molar-refractivity contribution in [2.45, 2.75) is 19.4 Å². The van der Waals surface area contributed by atoms with Crippen LogP contribution >= 0.6 is 0 Å². The zero-order valence-electron chi connectivity index (χ0n) is 9.11. The fraction of sp³-hybridized carbons (Fsp3) is 0.400. The number of hydrogen-bond donors (Lipinski definition) is 2. The largest absolute Gasteiger partial charge is 0.506 e. The van der Waals surface area contributed by atoms with Crippen LogP contribution in [0.5, 0.6) is 5.75 Å². The number of rotatable bonds is 4. The topological polar surface area (TPSA) is 85.4 Å². The fourth-order valence-electron chi connectivity index (χ4n) is 1.42. The predicted molar refractivity (Wildman–Crippen MR) is 54.5 cm³/mol. The van der Waals surface area contributed by atoms with Gasteiger partial charge in [0.2, 0.25) is 0 Å². The Morgan fingerprint density at radius 1 is 1.65 bits per heavy atom. The number of nitrogens with zero attached hydrogens (tertiary/aromatic N) is 1. The van der Waals surface area contributed by atoms with Crippen molar-refractivity contribution in [3.8, 4) is 5.75 Å². The number of ether oxygens (including phenoxy) is 1. The summed E-state index contributed by atoms with van der Waals surface area (Å²) in [5, 5.41) is 9.36. The van der Waals surface area contributed by atoms with Crippen molar-refractivity contribution in [2.75, 3.05) is 7.11 Å². The molecule has 94 valence electrons. The molecule has 5 nitrogen and oxygen atoms in total. The number of pyridine rings is 1. The zero-order chi connectivity index (χ0) is 13.0. The van der Waals surface area contributed by atoms with Gasteiger partial charge in [0, 0.05) is 17.7 Å². The monoisotopic (exact) mass is 246 g/mol. The Morgan fingerprint density at radius 3 is 2.76 bits per heavy atom. The lowest BCUT2D eigenvalue weighted by atomic mass is 10.0. The second kappa shape index (κ2) is 5.53. The van der Waals surface area contributed by atoms with E-state index in [1.54, 1.807) is 0 Å². The first kappa shape index (κ1) is 13.3. The summed E-state index contributed by atoms with van der Waals surface area (Å²) in [6.07, 6.45) is -2.26. The van der Waals surface area contributed by atoms with Crippen LogP contribution in [0.1, 0.15) is 23.2 Å². The highest BCUT2D eigenvalue weighted by molar-refractivity contribution is 5.72. The molecule has 1 heterocycles. The molecule has 3 N–H and O–H groups in total. The molecule has 0 bridgehead atoms. The van der Waals surface area contributed by atoms with Crippen LogP contribution in [-0.4, -0.2) is 23.2 Å². The normalized spacial score (nSPS) is 10.6. The summed E-state index contributed by atoms with van der Waals surface area (Å²) in [6, 6.07) is 0. The van der Waals surface area contributed by atoms with Gasteiger partial charge in [0.1, 0.15) is 5.75 Å². The minimum absolute atomic E-state index is 0.103. The molecule has 0 aliphatic heterocycles. The van der Waals surface area contributed by atoms with Crippen molar-refractivity contribution in [1.29, 1.82) is 0 Å². The molecule has 0 spiro atoms. The number of carbonyl (C=O) groups excluding carboxylic acids is 1. The lowest BCUT2D eigenvalue weighted by Gasteiger charge is -2.13. The van der Waals surface area contributed by atoms with Gasteiger partial charge in [-0.3, -0.25) is 9.78 Å². The summed E-state index contributed by atoms with van der Waals surface area (Å²) < 4.78 is 30.1. The smallest absolute Gasteiger partial charge is 0.311 e. The Morgan fingerprint density at radius 2 is 2.29 bits per heavy atom. The average molecular weight is 246 g/mol. The van der Waals surface area contributed by atoms with Crippen molar-refractivity contribution in [2.24, 2.45) is 5.73 Å². The van der Waals surface area contributed by atoms with E-state index in [-0.39, 0.29) is 24.2 Å². The van der Waals surface area contributed by atoms with Gasteiger partial charge in [-0.15, -0.1) is 0 Å². The average Bonchev–Trinajstić information content (AvgIpc) is 2.30. The Balaban J connectivity index is 3.25. The summed E-state index contributed by atoms with van der Waals surface area (Å²) in [4.78, 5) is 14.6. The molecule has 0 atom stereocenters. The van der Waals surface area contributed by atoms with Gasteiger partial charge in [-0.05, 0) is 0 Å². The molecule has 0 aliphatic rings.